The molecule has 2 nitrogen and oxygen atoms in total. The summed E-state index contributed by atoms with van der Waals surface area (Å²) >= 11 is 0. The second-order valence-electron chi connectivity index (χ2n) is 4.68. The Bertz CT molecular complexity index is 546. The Hall–Kier alpha value is -2.09. The zero-order valence-corrected chi connectivity index (χ0v) is 11.8. The number of benzene rings is 2. The predicted molar refractivity (Wildman–Crippen MR) is 81.4 cm³/mol. The number of ether oxygens (including phenoxy) is 1. The molecule has 0 atom stereocenters. The van der Waals surface area contributed by atoms with E-state index in [1.165, 1.54) is 16.7 Å². The standard InChI is InChI=1S/C18H20O2/c1-2-20-18(19)14-8-12-16-11-6-7-13-17(16)15-9-4-3-5-10-15/h3-7,9-11,13H,2,8,12,14H2,1H3. The molecular weight excluding hydrogens is 248 g/mol. The Morgan fingerprint density at radius 1 is 1.00 bits per heavy atom. The fourth-order valence-electron chi connectivity index (χ4n) is 2.29. The van der Waals surface area contributed by atoms with Crippen LogP contribution in [0.5, 0.6) is 0 Å². The van der Waals surface area contributed by atoms with E-state index in [4.69, 9.17) is 4.74 Å². The van der Waals surface area contributed by atoms with Gasteiger partial charge in [-0.2, -0.15) is 0 Å². The summed E-state index contributed by atoms with van der Waals surface area (Å²) in [6, 6.07) is 18.7. The van der Waals surface area contributed by atoms with Crippen LogP contribution in [-0.4, -0.2) is 12.6 Å². The maximum atomic E-state index is 11.4. The maximum Gasteiger partial charge on any atom is 0.305 e. The molecule has 2 rings (SSSR count). The summed E-state index contributed by atoms with van der Waals surface area (Å²) in [5.74, 6) is -0.107. The molecule has 0 heterocycles. The van der Waals surface area contributed by atoms with Crippen molar-refractivity contribution in [3.05, 3.63) is 60.2 Å². The van der Waals surface area contributed by atoms with Crippen LogP contribution < -0.4 is 0 Å². The third kappa shape index (κ3) is 3.95. The second kappa shape index (κ2) is 7.49. The van der Waals surface area contributed by atoms with Crippen molar-refractivity contribution in [2.24, 2.45) is 0 Å². The molecule has 0 saturated carbocycles. The molecule has 0 fully saturated rings. The first kappa shape index (κ1) is 14.3. The van der Waals surface area contributed by atoms with Gasteiger partial charge in [0.25, 0.3) is 0 Å². The molecule has 104 valence electrons. The number of carbonyl (C=O) groups excluding carboxylic acids is 1. The molecule has 2 heteroatoms. The minimum absolute atomic E-state index is 0.107. The van der Waals surface area contributed by atoms with E-state index in [1.54, 1.807) is 0 Å². The Labute approximate surface area is 120 Å². The van der Waals surface area contributed by atoms with Gasteiger partial charge in [0.1, 0.15) is 0 Å². The lowest BCUT2D eigenvalue weighted by molar-refractivity contribution is -0.143. The minimum Gasteiger partial charge on any atom is -0.466 e. The van der Waals surface area contributed by atoms with E-state index < -0.39 is 0 Å². The Morgan fingerprint density at radius 2 is 1.70 bits per heavy atom. The van der Waals surface area contributed by atoms with Crippen molar-refractivity contribution in [2.75, 3.05) is 6.61 Å². The van der Waals surface area contributed by atoms with Crippen LogP contribution in [0.25, 0.3) is 11.1 Å². The number of carbonyl (C=O) groups is 1. The van der Waals surface area contributed by atoms with Crippen molar-refractivity contribution >= 4 is 5.97 Å². The number of hydrogen-bond acceptors (Lipinski definition) is 2. The van der Waals surface area contributed by atoms with Crippen molar-refractivity contribution in [1.82, 2.24) is 0 Å². The van der Waals surface area contributed by atoms with Crippen LogP contribution >= 0.6 is 0 Å². The molecule has 0 radical (unpaired) electrons. The average molecular weight is 268 g/mol. The lowest BCUT2D eigenvalue weighted by Crippen LogP contribution is -2.04. The predicted octanol–water partition coefficient (Wildman–Crippen LogP) is 4.24. The zero-order chi connectivity index (χ0) is 14.2. The lowest BCUT2D eigenvalue weighted by Gasteiger charge is -2.09. The van der Waals surface area contributed by atoms with Crippen molar-refractivity contribution < 1.29 is 9.53 Å². The average Bonchev–Trinajstić information content (AvgIpc) is 2.49. The summed E-state index contributed by atoms with van der Waals surface area (Å²) in [5.41, 5.74) is 3.75. The van der Waals surface area contributed by atoms with Gasteiger partial charge in [0.05, 0.1) is 6.61 Å². The molecule has 0 saturated heterocycles. The van der Waals surface area contributed by atoms with Crippen LogP contribution in [0.2, 0.25) is 0 Å². The third-order valence-corrected chi connectivity index (χ3v) is 3.23. The highest BCUT2D eigenvalue weighted by molar-refractivity contribution is 5.70. The molecule has 0 aliphatic rings. The highest BCUT2D eigenvalue weighted by Gasteiger charge is 2.06. The summed E-state index contributed by atoms with van der Waals surface area (Å²) in [5, 5.41) is 0. The van der Waals surface area contributed by atoms with Crippen LogP contribution in [0.3, 0.4) is 0 Å². The van der Waals surface area contributed by atoms with Gasteiger partial charge in [0.2, 0.25) is 0 Å². The van der Waals surface area contributed by atoms with Gasteiger partial charge in [-0.3, -0.25) is 4.79 Å². The lowest BCUT2D eigenvalue weighted by atomic mass is 9.96. The van der Waals surface area contributed by atoms with Gasteiger partial charge in [-0.15, -0.1) is 0 Å². The van der Waals surface area contributed by atoms with Crippen molar-refractivity contribution in [1.29, 1.82) is 0 Å². The van der Waals surface area contributed by atoms with Gasteiger partial charge in [-0.05, 0) is 36.5 Å². The summed E-state index contributed by atoms with van der Waals surface area (Å²) in [7, 11) is 0. The first-order chi connectivity index (χ1) is 9.81. The molecule has 2 aromatic rings. The summed E-state index contributed by atoms with van der Waals surface area (Å²) in [6.07, 6.45) is 2.20. The van der Waals surface area contributed by atoms with Crippen LogP contribution in [0, 0.1) is 0 Å². The van der Waals surface area contributed by atoms with Crippen LogP contribution in [-0.2, 0) is 16.0 Å². The molecule has 0 spiro atoms. The van der Waals surface area contributed by atoms with Crippen molar-refractivity contribution in [3.63, 3.8) is 0 Å². The fourth-order valence-corrected chi connectivity index (χ4v) is 2.29. The first-order valence-corrected chi connectivity index (χ1v) is 7.10. The SMILES string of the molecule is CCOC(=O)CCCc1ccccc1-c1ccccc1. The van der Waals surface area contributed by atoms with E-state index >= 15 is 0 Å². The molecule has 0 N–H and O–H groups in total. The van der Waals surface area contributed by atoms with E-state index in [1.807, 2.05) is 31.2 Å². The molecule has 0 aromatic heterocycles. The molecule has 20 heavy (non-hydrogen) atoms. The number of rotatable bonds is 6. The highest BCUT2D eigenvalue weighted by Crippen LogP contribution is 2.24. The van der Waals surface area contributed by atoms with Crippen LogP contribution in [0.1, 0.15) is 25.3 Å². The van der Waals surface area contributed by atoms with Gasteiger partial charge in [-0.25, -0.2) is 0 Å². The Morgan fingerprint density at radius 3 is 2.45 bits per heavy atom. The fraction of sp³-hybridized carbons (Fsp3) is 0.278. The maximum absolute atomic E-state index is 11.4. The minimum atomic E-state index is -0.107. The number of aryl methyl sites for hydroxylation is 1. The van der Waals surface area contributed by atoms with Gasteiger partial charge in [-0.1, -0.05) is 54.6 Å². The molecule has 0 amide bonds. The number of esters is 1. The summed E-state index contributed by atoms with van der Waals surface area (Å²) in [4.78, 5) is 11.4. The van der Waals surface area contributed by atoms with Gasteiger partial charge >= 0.3 is 5.97 Å². The molecule has 0 bridgehead atoms. The van der Waals surface area contributed by atoms with Crippen LogP contribution in [0.4, 0.5) is 0 Å². The second-order valence-corrected chi connectivity index (χ2v) is 4.68. The van der Waals surface area contributed by atoms with Gasteiger partial charge in [0.15, 0.2) is 0 Å². The van der Waals surface area contributed by atoms with E-state index in [0.29, 0.717) is 13.0 Å². The van der Waals surface area contributed by atoms with Gasteiger partial charge in [0, 0.05) is 6.42 Å². The van der Waals surface area contributed by atoms with Crippen molar-refractivity contribution in [2.45, 2.75) is 26.2 Å². The summed E-state index contributed by atoms with van der Waals surface area (Å²) < 4.78 is 4.96. The van der Waals surface area contributed by atoms with E-state index in [9.17, 15) is 4.79 Å². The first-order valence-electron chi connectivity index (χ1n) is 7.10. The van der Waals surface area contributed by atoms with Gasteiger partial charge < -0.3 is 4.74 Å². The normalized spacial score (nSPS) is 10.2. The van der Waals surface area contributed by atoms with E-state index in [0.717, 1.165) is 12.8 Å². The topological polar surface area (TPSA) is 26.3 Å². The van der Waals surface area contributed by atoms with E-state index in [2.05, 4.69) is 30.3 Å². The molecule has 2 aromatic carbocycles. The highest BCUT2D eigenvalue weighted by atomic mass is 16.5. The smallest absolute Gasteiger partial charge is 0.305 e. The van der Waals surface area contributed by atoms with Crippen LogP contribution in [0.15, 0.2) is 54.6 Å². The molecule has 0 aliphatic carbocycles. The Balaban J connectivity index is 2.04. The van der Waals surface area contributed by atoms with E-state index in [-0.39, 0.29) is 5.97 Å². The monoisotopic (exact) mass is 268 g/mol. The number of hydrogen-bond donors (Lipinski definition) is 0. The molecule has 0 unspecified atom stereocenters. The largest absolute Gasteiger partial charge is 0.466 e. The molecule has 0 aliphatic heterocycles. The Kier molecular flexibility index (Phi) is 5.36. The van der Waals surface area contributed by atoms with Crippen molar-refractivity contribution in [3.8, 4) is 11.1 Å². The quantitative estimate of drug-likeness (QED) is 0.732. The zero-order valence-electron chi connectivity index (χ0n) is 11.8. The summed E-state index contributed by atoms with van der Waals surface area (Å²) in [6.45, 7) is 2.29. The third-order valence-electron chi connectivity index (χ3n) is 3.23. The molecular formula is C18H20O2.